The summed E-state index contributed by atoms with van der Waals surface area (Å²) in [4.78, 5) is 2.49. The molecule has 0 atom stereocenters. The van der Waals surface area contributed by atoms with Crippen LogP contribution in [0.1, 0.15) is 25.0 Å². The van der Waals surface area contributed by atoms with Crippen LogP contribution in [0.5, 0.6) is 0 Å². The highest BCUT2D eigenvalue weighted by Gasteiger charge is 2.27. The van der Waals surface area contributed by atoms with E-state index in [1.165, 1.54) is 22.6 Å². The molecule has 0 radical (unpaired) electrons. The SMILES string of the molecule is Cc1cc(N2CCSC(C)(C)C2)ccc1CCl. The Bertz CT molecular complexity index is 403. The highest BCUT2D eigenvalue weighted by atomic mass is 35.5. The smallest absolute Gasteiger partial charge is 0.0476 e. The summed E-state index contributed by atoms with van der Waals surface area (Å²) in [6, 6.07) is 6.63. The van der Waals surface area contributed by atoms with Crippen LogP contribution in [0.15, 0.2) is 18.2 Å². The standard InChI is InChI=1S/C14H20ClNS/c1-11-8-13(5-4-12(11)9-15)16-6-7-17-14(2,3)10-16/h4-5,8H,6-7,9-10H2,1-3H3. The van der Waals surface area contributed by atoms with Crippen LogP contribution < -0.4 is 4.90 Å². The molecule has 1 aromatic rings. The van der Waals surface area contributed by atoms with Gasteiger partial charge in [-0.3, -0.25) is 0 Å². The van der Waals surface area contributed by atoms with Gasteiger partial charge < -0.3 is 4.90 Å². The van der Waals surface area contributed by atoms with Gasteiger partial charge in [-0.1, -0.05) is 6.07 Å². The van der Waals surface area contributed by atoms with Gasteiger partial charge >= 0.3 is 0 Å². The number of aryl methyl sites for hydroxylation is 1. The molecule has 0 amide bonds. The first-order valence-electron chi connectivity index (χ1n) is 6.06. The van der Waals surface area contributed by atoms with E-state index in [4.69, 9.17) is 11.6 Å². The maximum atomic E-state index is 5.90. The summed E-state index contributed by atoms with van der Waals surface area (Å²) in [7, 11) is 0. The summed E-state index contributed by atoms with van der Waals surface area (Å²) in [5, 5.41) is 0. The lowest BCUT2D eigenvalue weighted by atomic mass is 10.1. The average molecular weight is 270 g/mol. The Morgan fingerprint density at radius 1 is 1.41 bits per heavy atom. The average Bonchev–Trinajstić information content (AvgIpc) is 2.27. The third kappa shape index (κ3) is 3.11. The zero-order valence-corrected chi connectivity index (χ0v) is 12.4. The normalized spacial score (nSPS) is 19.4. The molecule has 94 valence electrons. The van der Waals surface area contributed by atoms with Gasteiger partial charge in [-0.05, 0) is 44.0 Å². The van der Waals surface area contributed by atoms with Crippen LogP contribution in [0.25, 0.3) is 0 Å². The van der Waals surface area contributed by atoms with Crippen LogP contribution in [0.4, 0.5) is 5.69 Å². The second kappa shape index (κ2) is 5.11. The van der Waals surface area contributed by atoms with Crippen molar-refractivity contribution in [1.82, 2.24) is 0 Å². The predicted octanol–water partition coefficient (Wildman–Crippen LogP) is 4.07. The van der Waals surface area contributed by atoms with Gasteiger partial charge in [0.15, 0.2) is 0 Å². The molecule has 1 fully saturated rings. The Balaban J connectivity index is 2.19. The van der Waals surface area contributed by atoms with Crippen LogP contribution >= 0.6 is 23.4 Å². The number of anilines is 1. The van der Waals surface area contributed by atoms with Crippen LogP contribution in [0, 0.1) is 6.92 Å². The number of halogens is 1. The molecule has 0 bridgehead atoms. The van der Waals surface area contributed by atoms with E-state index >= 15 is 0 Å². The van der Waals surface area contributed by atoms with E-state index in [9.17, 15) is 0 Å². The van der Waals surface area contributed by atoms with Gasteiger partial charge in [-0.15, -0.1) is 11.6 Å². The molecule has 0 saturated carbocycles. The number of rotatable bonds is 2. The van der Waals surface area contributed by atoms with Crippen molar-refractivity contribution in [2.24, 2.45) is 0 Å². The second-order valence-electron chi connectivity index (χ2n) is 5.27. The van der Waals surface area contributed by atoms with Gasteiger partial charge in [0, 0.05) is 35.2 Å². The van der Waals surface area contributed by atoms with Crippen molar-refractivity contribution in [3.05, 3.63) is 29.3 Å². The molecule has 1 nitrogen and oxygen atoms in total. The number of hydrogen-bond acceptors (Lipinski definition) is 2. The monoisotopic (exact) mass is 269 g/mol. The van der Waals surface area contributed by atoms with Gasteiger partial charge in [-0.2, -0.15) is 11.8 Å². The Labute approximate surface area is 114 Å². The minimum absolute atomic E-state index is 0.358. The molecule has 3 heteroatoms. The molecule has 1 saturated heterocycles. The number of thioether (sulfide) groups is 1. The quantitative estimate of drug-likeness (QED) is 0.745. The Kier molecular flexibility index (Phi) is 3.94. The molecule has 1 aliphatic heterocycles. The molecule has 1 aliphatic rings. The topological polar surface area (TPSA) is 3.24 Å². The first kappa shape index (κ1) is 13.1. The fraction of sp³-hybridized carbons (Fsp3) is 0.571. The van der Waals surface area contributed by atoms with E-state index in [0.29, 0.717) is 10.6 Å². The summed E-state index contributed by atoms with van der Waals surface area (Å²) in [5.74, 6) is 1.82. The van der Waals surface area contributed by atoms with Crippen molar-refractivity contribution in [2.75, 3.05) is 23.7 Å². The molecule has 0 aromatic heterocycles. The summed E-state index contributed by atoms with van der Waals surface area (Å²) in [5.41, 5.74) is 3.87. The number of benzene rings is 1. The van der Waals surface area contributed by atoms with E-state index < -0.39 is 0 Å². The number of hydrogen-bond donors (Lipinski definition) is 0. The van der Waals surface area contributed by atoms with E-state index in [1.54, 1.807) is 0 Å². The predicted molar refractivity (Wildman–Crippen MR) is 79.5 cm³/mol. The maximum Gasteiger partial charge on any atom is 0.0476 e. The molecular formula is C14H20ClNS. The summed E-state index contributed by atoms with van der Waals surface area (Å²) >= 11 is 7.97. The number of nitrogens with zero attached hydrogens (tertiary/aromatic N) is 1. The molecular weight excluding hydrogens is 250 g/mol. The fourth-order valence-corrected chi connectivity index (χ4v) is 3.67. The molecule has 0 aliphatic carbocycles. The molecule has 0 N–H and O–H groups in total. The molecule has 1 heterocycles. The van der Waals surface area contributed by atoms with Crippen molar-refractivity contribution >= 4 is 29.1 Å². The van der Waals surface area contributed by atoms with Gasteiger partial charge in [-0.25, -0.2) is 0 Å². The van der Waals surface area contributed by atoms with Crippen molar-refractivity contribution in [3.63, 3.8) is 0 Å². The summed E-state index contributed by atoms with van der Waals surface area (Å²) in [6.45, 7) is 9.06. The van der Waals surface area contributed by atoms with Crippen molar-refractivity contribution in [1.29, 1.82) is 0 Å². The van der Waals surface area contributed by atoms with Crippen molar-refractivity contribution in [3.8, 4) is 0 Å². The Morgan fingerprint density at radius 2 is 2.18 bits per heavy atom. The van der Waals surface area contributed by atoms with E-state index in [0.717, 1.165) is 13.1 Å². The largest absolute Gasteiger partial charge is 0.369 e. The van der Waals surface area contributed by atoms with Crippen LogP contribution in [0.3, 0.4) is 0 Å². The third-order valence-electron chi connectivity index (χ3n) is 3.26. The molecule has 17 heavy (non-hydrogen) atoms. The minimum atomic E-state index is 0.358. The first-order valence-corrected chi connectivity index (χ1v) is 7.58. The first-order chi connectivity index (χ1) is 8.02. The lowest BCUT2D eigenvalue weighted by molar-refractivity contribution is 0.647. The van der Waals surface area contributed by atoms with Gasteiger partial charge in [0.25, 0.3) is 0 Å². The van der Waals surface area contributed by atoms with E-state index in [1.807, 2.05) is 0 Å². The highest BCUT2D eigenvalue weighted by molar-refractivity contribution is 8.00. The third-order valence-corrected chi connectivity index (χ3v) is 4.85. The summed E-state index contributed by atoms with van der Waals surface area (Å²) < 4.78 is 0.358. The van der Waals surface area contributed by atoms with Crippen molar-refractivity contribution < 1.29 is 0 Å². The molecule has 2 rings (SSSR count). The Morgan fingerprint density at radius 3 is 2.76 bits per heavy atom. The highest BCUT2D eigenvalue weighted by Crippen LogP contribution is 2.32. The lowest BCUT2D eigenvalue weighted by Crippen LogP contribution is -2.43. The second-order valence-corrected chi connectivity index (χ2v) is 7.34. The zero-order chi connectivity index (χ0) is 12.5. The van der Waals surface area contributed by atoms with E-state index in [-0.39, 0.29) is 0 Å². The minimum Gasteiger partial charge on any atom is -0.369 e. The van der Waals surface area contributed by atoms with Crippen LogP contribution in [-0.2, 0) is 5.88 Å². The zero-order valence-electron chi connectivity index (χ0n) is 10.8. The molecule has 0 spiro atoms. The van der Waals surface area contributed by atoms with Gasteiger partial charge in [0.05, 0.1) is 0 Å². The van der Waals surface area contributed by atoms with Gasteiger partial charge in [0.1, 0.15) is 0 Å². The van der Waals surface area contributed by atoms with Crippen LogP contribution in [-0.4, -0.2) is 23.6 Å². The van der Waals surface area contributed by atoms with Gasteiger partial charge in [0.2, 0.25) is 0 Å². The van der Waals surface area contributed by atoms with Crippen LogP contribution in [0.2, 0.25) is 0 Å². The maximum absolute atomic E-state index is 5.90. The van der Waals surface area contributed by atoms with Crippen molar-refractivity contribution in [2.45, 2.75) is 31.4 Å². The Hall–Kier alpha value is -0.340. The molecule has 0 unspecified atom stereocenters. The van der Waals surface area contributed by atoms with E-state index in [2.05, 4.69) is 55.6 Å². The number of alkyl halides is 1. The molecule has 1 aromatic carbocycles. The lowest BCUT2D eigenvalue weighted by Gasteiger charge is -2.39. The fourth-order valence-electron chi connectivity index (χ4n) is 2.26. The summed E-state index contributed by atoms with van der Waals surface area (Å²) in [6.07, 6.45) is 0.